The minimum absolute atomic E-state index is 0.251. The van der Waals surface area contributed by atoms with Crippen LogP contribution in [0.5, 0.6) is 5.75 Å². The molecule has 49 heavy (non-hydrogen) atoms. The number of rotatable bonds is 9. The van der Waals surface area contributed by atoms with Gasteiger partial charge in [0.05, 0.1) is 52.9 Å². The maximum Gasteiger partial charge on any atom is 0.338 e. The number of nitrogens with zero attached hydrogens (tertiary/aromatic N) is 4. The topological polar surface area (TPSA) is 114 Å². The number of thiazole rings is 1. The smallest absolute Gasteiger partial charge is 0.338 e. The van der Waals surface area contributed by atoms with E-state index < -0.39 is 18.0 Å². The molecule has 0 bridgehead atoms. The fraction of sp³-hybridized carbons (Fsp3) is 0.237. The number of hydrogen-bond acceptors (Lipinski definition) is 9. The Morgan fingerprint density at radius 3 is 2.39 bits per heavy atom. The Hall–Kier alpha value is -5.55. The van der Waals surface area contributed by atoms with Crippen LogP contribution in [0.1, 0.15) is 60.8 Å². The molecule has 1 aliphatic heterocycles. The first-order chi connectivity index (χ1) is 23.6. The molecular formula is C38H36N4O6S. The van der Waals surface area contributed by atoms with Gasteiger partial charge in [-0.05, 0) is 94.3 Å². The Bertz CT molecular complexity index is 2260. The van der Waals surface area contributed by atoms with Crippen LogP contribution in [0.3, 0.4) is 0 Å². The highest BCUT2D eigenvalue weighted by molar-refractivity contribution is 7.07. The maximum absolute atomic E-state index is 14.4. The molecule has 10 nitrogen and oxygen atoms in total. The van der Waals surface area contributed by atoms with Crippen molar-refractivity contribution >= 4 is 29.4 Å². The molecule has 1 aliphatic rings. The van der Waals surface area contributed by atoms with Crippen molar-refractivity contribution in [1.29, 1.82) is 0 Å². The first-order valence-electron chi connectivity index (χ1n) is 15.9. The summed E-state index contributed by atoms with van der Waals surface area (Å²) in [5.74, 6) is -0.258. The van der Waals surface area contributed by atoms with Crippen LogP contribution in [-0.2, 0) is 14.3 Å². The number of fused-ring (bicyclic) bond motifs is 1. The molecule has 0 saturated carbocycles. The molecule has 3 aromatic carbocycles. The fourth-order valence-electron chi connectivity index (χ4n) is 5.78. The summed E-state index contributed by atoms with van der Waals surface area (Å²) in [4.78, 5) is 45.3. The molecule has 0 radical (unpaired) electrons. The minimum Gasteiger partial charge on any atom is -0.494 e. The van der Waals surface area contributed by atoms with Gasteiger partial charge in [-0.2, -0.15) is 5.10 Å². The van der Waals surface area contributed by atoms with E-state index in [9.17, 15) is 14.4 Å². The van der Waals surface area contributed by atoms with Gasteiger partial charge >= 0.3 is 11.9 Å². The van der Waals surface area contributed by atoms with Crippen molar-refractivity contribution in [3.63, 3.8) is 0 Å². The third-order valence-electron chi connectivity index (χ3n) is 8.03. The number of carbonyl (C=O) groups is 2. The van der Waals surface area contributed by atoms with E-state index in [0.717, 1.165) is 28.1 Å². The summed E-state index contributed by atoms with van der Waals surface area (Å²) < 4.78 is 20.0. The van der Waals surface area contributed by atoms with Gasteiger partial charge in [-0.15, -0.1) is 0 Å². The molecule has 0 aliphatic carbocycles. The highest BCUT2D eigenvalue weighted by Crippen LogP contribution is 2.32. The molecule has 2 aromatic heterocycles. The third-order valence-corrected chi connectivity index (χ3v) is 9.01. The van der Waals surface area contributed by atoms with E-state index >= 15 is 0 Å². The van der Waals surface area contributed by atoms with Crippen molar-refractivity contribution < 1.29 is 23.8 Å². The first-order valence-corrected chi connectivity index (χ1v) is 16.7. The summed E-state index contributed by atoms with van der Waals surface area (Å²) in [5.41, 5.74) is 5.46. The normalized spacial score (nSPS) is 14.4. The number of aryl methyl sites for hydroxylation is 1. The highest BCUT2D eigenvalue weighted by atomic mass is 32.1. The van der Waals surface area contributed by atoms with Crippen LogP contribution in [0, 0.1) is 6.92 Å². The van der Waals surface area contributed by atoms with Gasteiger partial charge in [0.2, 0.25) is 0 Å². The Labute approximate surface area is 287 Å². The van der Waals surface area contributed by atoms with Crippen molar-refractivity contribution in [2.75, 3.05) is 13.7 Å². The molecule has 0 spiro atoms. The van der Waals surface area contributed by atoms with E-state index in [0.29, 0.717) is 38.5 Å². The average Bonchev–Trinajstić information content (AvgIpc) is 3.65. The van der Waals surface area contributed by atoms with Gasteiger partial charge < -0.3 is 14.2 Å². The summed E-state index contributed by atoms with van der Waals surface area (Å²) in [6, 6.07) is 21.5. The number of hydrogen-bond donors (Lipinski definition) is 0. The number of allylic oxidation sites excluding steroid dienone is 1. The summed E-state index contributed by atoms with van der Waals surface area (Å²) in [5, 5.41) is 4.95. The summed E-state index contributed by atoms with van der Waals surface area (Å²) in [6.07, 6.45) is 3.33. The SMILES string of the molecule is CCOc1ccc(-c2nn(-c3ccccc3)cc2/C=c2\sc3n(c2=O)[C@H](c2ccc(C(=O)OC)cc2)C(C(=O)OC(C)C)=C(C)N=3)cc1C. The van der Waals surface area contributed by atoms with E-state index in [1.807, 2.05) is 74.7 Å². The van der Waals surface area contributed by atoms with Gasteiger partial charge in [0.1, 0.15) is 11.4 Å². The average molecular weight is 677 g/mol. The van der Waals surface area contributed by atoms with Crippen LogP contribution >= 0.6 is 11.3 Å². The number of carbonyl (C=O) groups excluding carboxylic acids is 2. The quantitative estimate of drug-likeness (QED) is 0.189. The summed E-state index contributed by atoms with van der Waals surface area (Å²) >= 11 is 1.23. The van der Waals surface area contributed by atoms with Crippen molar-refractivity contribution in [2.45, 2.75) is 46.8 Å². The Balaban J connectivity index is 1.54. The molecule has 0 saturated heterocycles. The molecule has 0 N–H and O–H groups in total. The highest BCUT2D eigenvalue weighted by Gasteiger charge is 2.34. The predicted molar refractivity (Wildman–Crippen MR) is 188 cm³/mol. The molecule has 0 amide bonds. The molecule has 0 fully saturated rings. The zero-order valence-electron chi connectivity index (χ0n) is 28.1. The van der Waals surface area contributed by atoms with Crippen molar-refractivity contribution in [3.8, 4) is 22.7 Å². The minimum atomic E-state index is -0.836. The van der Waals surface area contributed by atoms with Crippen molar-refractivity contribution in [1.82, 2.24) is 14.3 Å². The summed E-state index contributed by atoms with van der Waals surface area (Å²) in [6.45, 7) is 9.76. The van der Waals surface area contributed by atoms with Crippen LogP contribution < -0.4 is 19.6 Å². The zero-order chi connectivity index (χ0) is 34.8. The second-order valence-corrected chi connectivity index (χ2v) is 12.8. The van der Waals surface area contributed by atoms with Crippen LogP contribution in [0.4, 0.5) is 0 Å². The Kier molecular flexibility index (Phi) is 9.46. The van der Waals surface area contributed by atoms with Gasteiger partial charge in [-0.3, -0.25) is 9.36 Å². The van der Waals surface area contributed by atoms with E-state index in [4.69, 9.17) is 24.3 Å². The van der Waals surface area contributed by atoms with E-state index in [1.54, 1.807) is 49.7 Å². The number of esters is 2. The summed E-state index contributed by atoms with van der Waals surface area (Å²) in [7, 11) is 1.31. The van der Waals surface area contributed by atoms with E-state index in [2.05, 4.69) is 0 Å². The lowest BCUT2D eigenvalue weighted by molar-refractivity contribution is -0.143. The molecule has 5 aromatic rings. The molecule has 250 valence electrons. The van der Waals surface area contributed by atoms with Gasteiger partial charge in [0.15, 0.2) is 4.80 Å². The number of benzene rings is 3. The third kappa shape index (κ3) is 6.62. The number of ether oxygens (including phenoxy) is 3. The second-order valence-electron chi connectivity index (χ2n) is 11.8. The molecule has 0 unspecified atom stereocenters. The van der Waals surface area contributed by atoms with Crippen LogP contribution in [0.15, 0.2) is 100 Å². The molecular weight excluding hydrogens is 641 g/mol. The maximum atomic E-state index is 14.4. The van der Waals surface area contributed by atoms with E-state index in [-0.39, 0.29) is 17.2 Å². The second kappa shape index (κ2) is 13.9. The van der Waals surface area contributed by atoms with Crippen LogP contribution in [0.25, 0.3) is 23.0 Å². The van der Waals surface area contributed by atoms with E-state index in [1.165, 1.54) is 23.0 Å². The van der Waals surface area contributed by atoms with Crippen LogP contribution in [-0.4, -0.2) is 46.1 Å². The zero-order valence-corrected chi connectivity index (χ0v) is 28.9. The number of methoxy groups -OCH3 is 1. The largest absolute Gasteiger partial charge is 0.494 e. The monoisotopic (exact) mass is 676 g/mol. The van der Waals surface area contributed by atoms with Gasteiger partial charge in [-0.25, -0.2) is 19.3 Å². The molecule has 6 rings (SSSR count). The lowest BCUT2D eigenvalue weighted by Gasteiger charge is -2.25. The lowest BCUT2D eigenvalue weighted by atomic mass is 9.95. The number of aromatic nitrogens is 3. The van der Waals surface area contributed by atoms with Gasteiger partial charge in [0.25, 0.3) is 5.56 Å². The van der Waals surface area contributed by atoms with Crippen LogP contribution in [0.2, 0.25) is 0 Å². The predicted octanol–water partition coefficient (Wildman–Crippen LogP) is 5.53. The molecule has 3 heterocycles. The Morgan fingerprint density at radius 1 is 1.00 bits per heavy atom. The molecule has 1 atom stereocenters. The fourth-order valence-corrected chi connectivity index (χ4v) is 6.82. The number of para-hydroxylation sites is 1. The standard InChI is InChI=1S/C38H36N4O6S/c1-7-47-30-18-17-27(19-23(30)4)33-28(21-41(40-33)29-11-9-8-10-12-29)20-31-35(43)42-34(25-13-15-26(16-14-25)36(44)46-6)32(37(45)48-22(2)3)24(5)39-38(42)49-31/h8-22,34H,7H2,1-6H3/b31-20-/t34-/m1/s1. The van der Waals surface area contributed by atoms with Gasteiger partial charge in [0, 0.05) is 17.3 Å². The van der Waals surface area contributed by atoms with Crippen molar-refractivity contribution in [3.05, 3.63) is 132 Å². The van der Waals surface area contributed by atoms with Gasteiger partial charge in [-0.1, -0.05) is 41.7 Å². The lowest BCUT2D eigenvalue weighted by Crippen LogP contribution is -2.40. The molecule has 11 heteroatoms. The first kappa shape index (κ1) is 33.4. The van der Waals surface area contributed by atoms with Crippen molar-refractivity contribution in [2.24, 2.45) is 4.99 Å². The Morgan fingerprint density at radius 2 is 1.73 bits per heavy atom.